The number of anilines is 1. The van der Waals surface area contributed by atoms with Crippen molar-refractivity contribution in [3.8, 4) is 11.3 Å². The zero-order chi connectivity index (χ0) is 18.8. The van der Waals surface area contributed by atoms with Gasteiger partial charge in [0.05, 0.1) is 0 Å². The second-order valence-electron chi connectivity index (χ2n) is 7.58. The molecule has 1 aromatic carbocycles. The van der Waals surface area contributed by atoms with Crippen LogP contribution < -0.4 is 5.32 Å². The van der Waals surface area contributed by atoms with E-state index in [9.17, 15) is 9.59 Å². The second-order valence-corrected chi connectivity index (χ2v) is 7.58. The molecule has 1 aliphatic carbocycles. The maximum absolute atomic E-state index is 12.3. The van der Waals surface area contributed by atoms with E-state index in [1.807, 2.05) is 35.2 Å². The van der Waals surface area contributed by atoms with Crippen molar-refractivity contribution in [3.63, 3.8) is 0 Å². The lowest BCUT2D eigenvalue weighted by Gasteiger charge is -2.26. The predicted octanol–water partition coefficient (Wildman–Crippen LogP) is 4.37. The Bertz CT molecular complexity index is 851. The minimum Gasteiger partial charge on any atom is -0.461 e. The molecule has 1 aromatic heterocycles. The summed E-state index contributed by atoms with van der Waals surface area (Å²) in [7, 11) is 0. The number of unbranched alkanes of at least 4 members (excludes halogenated alkanes) is 1. The summed E-state index contributed by atoms with van der Waals surface area (Å²) in [5.74, 6) is 2.36. The molecule has 0 saturated heterocycles. The topological polar surface area (TPSA) is 62.6 Å². The summed E-state index contributed by atoms with van der Waals surface area (Å²) >= 11 is 0. The number of nitrogens with zero attached hydrogens (tertiary/aromatic N) is 1. The number of carbonyl (C=O) groups excluding carboxylic acids is 2. The number of fused-ring (bicyclic) bond motifs is 1. The van der Waals surface area contributed by atoms with Gasteiger partial charge in [-0.25, -0.2) is 0 Å². The van der Waals surface area contributed by atoms with Gasteiger partial charge in [0.2, 0.25) is 11.8 Å². The lowest BCUT2D eigenvalue weighted by atomic mass is 10.1. The maximum Gasteiger partial charge on any atom is 0.225 e. The van der Waals surface area contributed by atoms with Crippen LogP contribution >= 0.6 is 0 Å². The van der Waals surface area contributed by atoms with Crippen LogP contribution in [0.25, 0.3) is 11.3 Å². The number of hydrogen-bond donors (Lipinski definition) is 1. The second kappa shape index (κ2) is 7.59. The Kier molecular flexibility index (Phi) is 5.01. The molecule has 5 nitrogen and oxygen atoms in total. The minimum absolute atomic E-state index is 0.0435. The van der Waals surface area contributed by atoms with Crippen LogP contribution in [-0.4, -0.2) is 23.3 Å². The maximum atomic E-state index is 12.3. The molecule has 2 aromatic rings. The van der Waals surface area contributed by atoms with Crippen molar-refractivity contribution >= 4 is 17.5 Å². The molecular weight excluding hydrogens is 340 g/mol. The normalized spacial score (nSPS) is 16.1. The van der Waals surface area contributed by atoms with Crippen molar-refractivity contribution < 1.29 is 14.0 Å². The van der Waals surface area contributed by atoms with E-state index in [1.54, 1.807) is 0 Å². The highest BCUT2D eigenvalue weighted by Gasteiger charge is 2.35. The third kappa shape index (κ3) is 4.07. The van der Waals surface area contributed by atoms with Gasteiger partial charge in [0.1, 0.15) is 11.5 Å². The summed E-state index contributed by atoms with van der Waals surface area (Å²) in [6, 6.07) is 9.79. The van der Waals surface area contributed by atoms with Crippen molar-refractivity contribution in [2.45, 2.75) is 52.0 Å². The molecule has 0 radical (unpaired) electrons. The molecule has 0 spiro atoms. The van der Waals surface area contributed by atoms with Crippen LogP contribution in [0.5, 0.6) is 0 Å². The monoisotopic (exact) mass is 366 g/mol. The van der Waals surface area contributed by atoms with Gasteiger partial charge in [-0.15, -0.1) is 0 Å². The molecule has 1 fully saturated rings. The van der Waals surface area contributed by atoms with Crippen molar-refractivity contribution in [3.05, 3.63) is 41.7 Å². The van der Waals surface area contributed by atoms with Crippen LogP contribution in [0.15, 0.2) is 34.7 Å². The van der Waals surface area contributed by atoms with Gasteiger partial charge in [-0.1, -0.05) is 25.5 Å². The molecule has 4 rings (SSSR count). The highest BCUT2D eigenvalue weighted by Crippen LogP contribution is 2.35. The molecule has 27 heavy (non-hydrogen) atoms. The number of nitrogens with one attached hydrogen (secondary N) is 1. The molecule has 2 heterocycles. The first-order valence-corrected chi connectivity index (χ1v) is 9.94. The van der Waals surface area contributed by atoms with Gasteiger partial charge in [-0.2, -0.15) is 0 Å². The first-order chi connectivity index (χ1) is 13.1. The average molecular weight is 366 g/mol. The summed E-state index contributed by atoms with van der Waals surface area (Å²) in [4.78, 5) is 26.3. The summed E-state index contributed by atoms with van der Waals surface area (Å²) < 4.78 is 6.07. The molecule has 2 amide bonds. The van der Waals surface area contributed by atoms with Crippen LogP contribution in [0.1, 0.15) is 50.4 Å². The van der Waals surface area contributed by atoms with Gasteiger partial charge in [0, 0.05) is 48.7 Å². The number of benzene rings is 1. The SMILES string of the molecule is CCCCC(=O)Nc1cccc(-c2cc3c(o2)CCN(C(=O)C2CC2)C3)c1. The van der Waals surface area contributed by atoms with E-state index in [0.717, 1.165) is 67.0 Å². The van der Waals surface area contributed by atoms with Gasteiger partial charge < -0.3 is 14.6 Å². The molecule has 0 unspecified atom stereocenters. The fourth-order valence-corrected chi connectivity index (χ4v) is 3.56. The molecule has 1 aliphatic heterocycles. The summed E-state index contributed by atoms with van der Waals surface area (Å²) in [5, 5.41) is 2.96. The first kappa shape index (κ1) is 17.8. The minimum atomic E-state index is 0.0435. The standard InChI is InChI=1S/C22H26N2O3/c1-2-3-7-21(25)23-18-6-4-5-16(12-18)20-13-17-14-24(11-10-19(17)27-20)22(26)15-8-9-15/h4-6,12-13,15H,2-3,7-11,14H2,1H3,(H,23,25). The molecule has 0 atom stereocenters. The van der Waals surface area contributed by atoms with Crippen molar-refractivity contribution in [2.75, 3.05) is 11.9 Å². The average Bonchev–Trinajstić information content (AvgIpc) is 3.44. The molecule has 142 valence electrons. The summed E-state index contributed by atoms with van der Waals surface area (Å²) in [6.45, 7) is 3.45. The number of hydrogen-bond acceptors (Lipinski definition) is 3. The van der Waals surface area contributed by atoms with E-state index in [1.165, 1.54) is 0 Å². The quantitative estimate of drug-likeness (QED) is 0.826. The van der Waals surface area contributed by atoms with E-state index < -0.39 is 0 Å². The van der Waals surface area contributed by atoms with Crippen LogP contribution in [0.2, 0.25) is 0 Å². The van der Waals surface area contributed by atoms with Gasteiger partial charge in [0.15, 0.2) is 0 Å². The zero-order valence-electron chi connectivity index (χ0n) is 15.8. The smallest absolute Gasteiger partial charge is 0.225 e. The van der Waals surface area contributed by atoms with Crippen LogP contribution in [0.3, 0.4) is 0 Å². The van der Waals surface area contributed by atoms with E-state index in [2.05, 4.69) is 12.2 Å². The number of rotatable bonds is 6. The molecular formula is C22H26N2O3. The van der Waals surface area contributed by atoms with Crippen LogP contribution in [-0.2, 0) is 22.6 Å². The fourth-order valence-electron chi connectivity index (χ4n) is 3.56. The van der Waals surface area contributed by atoms with Crippen LogP contribution in [0.4, 0.5) is 5.69 Å². The van der Waals surface area contributed by atoms with Gasteiger partial charge in [0.25, 0.3) is 0 Å². The summed E-state index contributed by atoms with van der Waals surface area (Å²) in [6.07, 6.45) is 5.28. The Hall–Kier alpha value is -2.56. The highest BCUT2D eigenvalue weighted by atomic mass is 16.3. The lowest BCUT2D eigenvalue weighted by molar-refractivity contribution is -0.133. The Labute approximate surface area is 159 Å². The molecule has 2 aliphatic rings. The zero-order valence-corrected chi connectivity index (χ0v) is 15.8. The Morgan fingerprint density at radius 1 is 1.26 bits per heavy atom. The Balaban J connectivity index is 1.47. The largest absolute Gasteiger partial charge is 0.461 e. The third-order valence-electron chi connectivity index (χ3n) is 5.29. The lowest BCUT2D eigenvalue weighted by Crippen LogP contribution is -2.36. The number of amides is 2. The van der Waals surface area contributed by atoms with Crippen molar-refractivity contribution in [2.24, 2.45) is 5.92 Å². The fraction of sp³-hybridized carbons (Fsp3) is 0.455. The number of furan rings is 1. The van der Waals surface area contributed by atoms with E-state index >= 15 is 0 Å². The van der Waals surface area contributed by atoms with E-state index in [4.69, 9.17) is 4.42 Å². The highest BCUT2D eigenvalue weighted by molar-refractivity contribution is 5.91. The van der Waals surface area contributed by atoms with Gasteiger partial charge >= 0.3 is 0 Å². The van der Waals surface area contributed by atoms with E-state index in [-0.39, 0.29) is 11.8 Å². The first-order valence-electron chi connectivity index (χ1n) is 9.94. The van der Waals surface area contributed by atoms with E-state index in [0.29, 0.717) is 18.9 Å². The van der Waals surface area contributed by atoms with Gasteiger partial charge in [-0.3, -0.25) is 9.59 Å². The molecule has 1 saturated carbocycles. The van der Waals surface area contributed by atoms with Gasteiger partial charge in [-0.05, 0) is 37.5 Å². The molecule has 1 N–H and O–H groups in total. The van der Waals surface area contributed by atoms with Crippen molar-refractivity contribution in [1.29, 1.82) is 0 Å². The number of carbonyl (C=O) groups is 2. The third-order valence-corrected chi connectivity index (χ3v) is 5.29. The molecule has 5 heteroatoms. The van der Waals surface area contributed by atoms with Crippen LogP contribution in [0, 0.1) is 5.92 Å². The van der Waals surface area contributed by atoms with Crippen molar-refractivity contribution in [1.82, 2.24) is 4.90 Å². The Morgan fingerprint density at radius 3 is 2.89 bits per heavy atom. The predicted molar refractivity (Wildman–Crippen MR) is 104 cm³/mol. The summed E-state index contributed by atoms with van der Waals surface area (Å²) in [5.41, 5.74) is 2.83. The Morgan fingerprint density at radius 2 is 2.11 bits per heavy atom. The molecule has 0 bridgehead atoms.